The average molecular weight is 690 g/mol. The Hall–Kier alpha value is -3.74. The first-order chi connectivity index (χ1) is 23.4. The van der Waals surface area contributed by atoms with E-state index < -0.39 is 29.3 Å². The number of carbonyl (C=O) groups is 3. The Morgan fingerprint density at radius 1 is 0.878 bits per heavy atom. The lowest BCUT2D eigenvalue weighted by molar-refractivity contribution is -0.143. The zero-order chi connectivity index (χ0) is 34.9. The first-order valence-electron chi connectivity index (χ1n) is 17.3. The second-order valence-corrected chi connectivity index (χ2v) is 14.2. The molecule has 2 aromatic carbocycles. The van der Waals surface area contributed by atoms with Crippen molar-refractivity contribution >= 4 is 23.5 Å². The molecular weight excluding hydrogens is 645 g/mol. The van der Waals surface area contributed by atoms with Crippen LogP contribution >= 0.6 is 0 Å². The molecule has 4 amide bonds. The zero-order valence-corrected chi connectivity index (χ0v) is 27.8. The molecule has 0 spiro atoms. The van der Waals surface area contributed by atoms with Crippen LogP contribution in [0.2, 0.25) is 0 Å². The Morgan fingerprint density at radius 3 is 2.14 bits per heavy atom. The summed E-state index contributed by atoms with van der Waals surface area (Å²) in [5.41, 5.74) is -0.135. The summed E-state index contributed by atoms with van der Waals surface area (Å²) in [6, 6.07) is 8.53. The summed E-state index contributed by atoms with van der Waals surface area (Å²) in [5.74, 6) is -4.29. The number of amides is 4. The van der Waals surface area contributed by atoms with E-state index in [0.717, 1.165) is 50.0 Å². The number of fused-ring (bicyclic) bond motifs is 1. The fourth-order valence-corrected chi connectivity index (χ4v) is 8.13. The van der Waals surface area contributed by atoms with Crippen LogP contribution in [0.3, 0.4) is 0 Å². The third-order valence-corrected chi connectivity index (χ3v) is 11.0. The molecule has 0 saturated carbocycles. The molecule has 0 radical (unpaired) electrons. The molecule has 6 rings (SSSR count). The lowest BCUT2D eigenvalue weighted by Gasteiger charge is -2.41. The Labute approximate surface area is 283 Å². The van der Waals surface area contributed by atoms with E-state index in [1.54, 1.807) is 14.7 Å². The fraction of sp³-hybridized carbons (Fsp3) is 0.583. The van der Waals surface area contributed by atoms with Crippen molar-refractivity contribution in [1.29, 1.82) is 0 Å². The molecule has 0 unspecified atom stereocenters. The molecule has 8 nitrogen and oxygen atoms in total. The number of alkyl halides is 3. The fourth-order valence-electron chi connectivity index (χ4n) is 8.13. The normalized spacial score (nSPS) is 21.0. The summed E-state index contributed by atoms with van der Waals surface area (Å²) in [7, 11) is 2.11. The van der Waals surface area contributed by atoms with Crippen molar-refractivity contribution < 1.29 is 36.3 Å². The van der Waals surface area contributed by atoms with Crippen molar-refractivity contribution in [1.82, 2.24) is 19.6 Å². The molecule has 1 atom stereocenters. The van der Waals surface area contributed by atoms with Crippen LogP contribution in [0.15, 0.2) is 36.4 Å². The highest BCUT2D eigenvalue weighted by molar-refractivity contribution is 5.92. The monoisotopic (exact) mass is 689 g/mol. The summed E-state index contributed by atoms with van der Waals surface area (Å²) in [6.07, 6.45) is -0.820. The van der Waals surface area contributed by atoms with Crippen LogP contribution in [0, 0.1) is 29.4 Å². The van der Waals surface area contributed by atoms with Crippen molar-refractivity contribution in [2.45, 2.75) is 70.1 Å². The average Bonchev–Trinajstić information content (AvgIpc) is 3.09. The maximum atomic E-state index is 14.4. The second-order valence-electron chi connectivity index (χ2n) is 14.2. The lowest BCUT2D eigenvalue weighted by atomic mass is 9.78. The van der Waals surface area contributed by atoms with Gasteiger partial charge < -0.3 is 24.9 Å². The van der Waals surface area contributed by atoms with Crippen LogP contribution < -0.4 is 5.32 Å². The number of para-hydroxylation sites is 1. The van der Waals surface area contributed by atoms with Gasteiger partial charge in [-0.05, 0) is 106 Å². The van der Waals surface area contributed by atoms with Crippen LogP contribution in [0.5, 0.6) is 0 Å². The SMILES string of the molecule is CN1CCC(C2CCN(C(=O)[C@@H](CC(=O)N3CCC(N4Cc5ccccc5NC4=O)CC3)Cc3cc(F)c(F)c(C(F)(F)F)c3)CC2)CC1. The van der Waals surface area contributed by atoms with Gasteiger partial charge in [0.2, 0.25) is 11.8 Å². The third kappa shape index (κ3) is 8.02. The van der Waals surface area contributed by atoms with E-state index in [1.165, 1.54) is 0 Å². The van der Waals surface area contributed by atoms with E-state index in [0.29, 0.717) is 69.5 Å². The molecule has 0 aromatic heterocycles. The molecule has 4 heterocycles. The quantitative estimate of drug-likeness (QED) is 0.354. The molecular formula is C36H44F5N5O3. The molecule has 4 aliphatic heterocycles. The lowest BCUT2D eigenvalue weighted by Crippen LogP contribution is -2.51. The van der Waals surface area contributed by atoms with Gasteiger partial charge in [0.1, 0.15) is 0 Å². The minimum Gasteiger partial charge on any atom is -0.343 e. The Bertz CT molecular complexity index is 1530. The summed E-state index contributed by atoms with van der Waals surface area (Å²) in [5, 5.41) is 2.92. The van der Waals surface area contributed by atoms with Crippen molar-refractivity contribution in [2.24, 2.45) is 17.8 Å². The van der Waals surface area contributed by atoms with Crippen LogP contribution in [0.1, 0.15) is 61.6 Å². The van der Waals surface area contributed by atoms with Gasteiger partial charge >= 0.3 is 12.2 Å². The smallest absolute Gasteiger partial charge is 0.343 e. The van der Waals surface area contributed by atoms with Crippen LogP contribution in [0.4, 0.5) is 32.4 Å². The number of anilines is 1. The maximum Gasteiger partial charge on any atom is 0.419 e. The van der Waals surface area contributed by atoms with E-state index in [9.17, 15) is 36.3 Å². The number of nitrogens with zero attached hydrogens (tertiary/aromatic N) is 4. The van der Waals surface area contributed by atoms with Gasteiger partial charge in [-0.1, -0.05) is 18.2 Å². The largest absolute Gasteiger partial charge is 0.419 e. The molecule has 0 bridgehead atoms. The van der Waals surface area contributed by atoms with E-state index >= 15 is 0 Å². The summed E-state index contributed by atoms with van der Waals surface area (Å²) < 4.78 is 69.2. The first-order valence-corrected chi connectivity index (χ1v) is 17.3. The molecule has 0 aliphatic carbocycles. The number of nitrogens with one attached hydrogen (secondary N) is 1. The highest BCUT2D eigenvalue weighted by Crippen LogP contribution is 2.36. The van der Waals surface area contributed by atoms with E-state index in [4.69, 9.17) is 0 Å². The molecule has 13 heteroatoms. The number of hydrogen-bond acceptors (Lipinski definition) is 4. The predicted molar refractivity (Wildman–Crippen MR) is 173 cm³/mol. The predicted octanol–water partition coefficient (Wildman–Crippen LogP) is 6.15. The van der Waals surface area contributed by atoms with Gasteiger partial charge in [0, 0.05) is 50.9 Å². The van der Waals surface area contributed by atoms with Gasteiger partial charge in [0.05, 0.1) is 11.5 Å². The van der Waals surface area contributed by atoms with Crippen LogP contribution in [-0.2, 0) is 28.7 Å². The third-order valence-electron chi connectivity index (χ3n) is 11.0. The van der Waals surface area contributed by atoms with Crippen molar-refractivity contribution in [2.75, 3.05) is 51.6 Å². The van der Waals surface area contributed by atoms with Crippen LogP contribution in [0.25, 0.3) is 0 Å². The van der Waals surface area contributed by atoms with Crippen molar-refractivity contribution in [3.05, 3.63) is 64.7 Å². The number of carbonyl (C=O) groups excluding carboxylic acids is 3. The van der Waals surface area contributed by atoms with Gasteiger partial charge in [0.15, 0.2) is 11.6 Å². The van der Waals surface area contributed by atoms with E-state index in [1.807, 2.05) is 24.3 Å². The minimum absolute atomic E-state index is 0.0938. The summed E-state index contributed by atoms with van der Waals surface area (Å²) in [4.78, 5) is 47.9. The van der Waals surface area contributed by atoms with E-state index in [2.05, 4.69) is 17.3 Å². The molecule has 2 aromatic rings. The van der Waals surface area contributed by atoms with Gasteiger partial charge in [-0.25, -0.2) is 13.6 Å². The van der Waals surface area contributed by atoms with Gasteiger partial charge in [-0.2, -0.15) is 13.2 Å². The Kier molecular flexibility index (Phi) is 10.5. The number of benzene rings is 2. The number of urea groups is 1. The number of piperidine rings is 3. The minimum atomic E-state index is -5.12. The van der Waals surface area contributed by atoms with Crippen molar-refractivity contribution in [3.63, 3.8) is 0 Å². The molecule has 3 fully saturated rings. The van der Waals surface area contributed by atoms with Gasteiger partial charge in [0.25, 0.3) is 0 Å². The highest BCUT2D eigenvalue weighted by atomic mass is 19.4. The number of rotatable bonds is 7. The van der Waals surface area contributed by atoms with Gasteiger partial charge in [-0.3, -0.25) is 9.59 Å². The Balaban J connectivity index is 1.13. The highest BCUT2D eigenvalue weighted by Gasteiger charge is 2.39. The maximum absolute atomic E-state index is 14.4. The standard InChI is InChI=1S/C36H44F5N5O3/c1-43-12-6-24(7-13-43)25-8-14-45(15-9-25)34(48)27(18-23-19-29(36(39,40)41)33(38)30(37)20-23)21-32(47)44-16-10-28(11-17-44)46-22-26-4-2-3-5-31(26)42-35(46)49/h2-5,19-20,24-25,27-28H,6-18,21-22H2,1H3,(H,42,49)/t27-/m1/s1. The number of hydrogen-bond donors (Lipinski definition) is 1. The second kappa shape index (κ2) is 14.6. The number of halogens is 5. The number of likely N-dealkylation sites (tertiary alicyclic amines) is 3. The van der Waals surface area contributed by atoms with Crippen molar-refractivity contribution in [3.8, 4) is 0 Å². The molecule has 3 saturated heterocycles. The zero-order valence-electron chi connectivity index (χ0n) is 27.8. The molecule has 49 heavy (non-hydrogen) atoms. The molecule has 4 aliphatic rings. The summed E-state index contributed by atoms with van der Waals surface area (Å²) in [6.45, 7) is 4.20. The molecule has 266 valence electrons. The Morgan fingerprint density at radius 2 is 1.49 bits per heavy atom. The van der Waals surface area contributed by atoms with E-state index in [-0.39, 0.29) is 42.3 Å². The summed E-state index contributed by atoms with van der Waals surface area (Å²) >= 11 is 0. The molecule has 1 N–H and O–H groups in total. The topological polar surface area (TPSA) is 76.2 Å². The van der Waals surface area contributed by atoms with Crippen LogP contribution in [-0.4, -0.2) is 89.8 Å². The van der Waals surface area contributed by atoms with Gasteiger partial charge in [-0.15, -0.1) is 0 Å². The first kappa shape index (κ1) is 35.1.